The highest BCUT2D eigenvalue weighted by Crippen LogP contribution is 2.22. The third-order valence-electron chi connectivity index (χ3n) is 4.08. The standard InChI is InChI=1S/C21H25ClN4O4/c1-13(2)12-26-20(22)17(14(3)25-26)9-10-18(27)24-16-7-5-15(6-8-16)21(29)23-11-19(28)30-4/h5-10,13H,11-12H2,1-4H3,(H,23,29)(H,24,27)/b10-9+. The molecule has 2 amide bonds. The van der Waals surface area contributed by atoms with E-state index in [4.69, 9.17) is 11.6 Å². The number of hydrogen-bond donors (Lipinski definition) is 2. The van der Waals surface area contributed by atoms with E-state index in [-0.39, 0.29) is 12.5 Å². The fourth-order valence-electron chi connectivity index (χ4n) is 2.60. The summed E-state index contributed by atoms with van der Waals surface area (Å²) in [6.45, 7) is 6.46. The molecule has 0 aliphatic carbocycles. The highest BCUT2D eigenvalue weighted by atomic mass is 35.5. The summed E-state index contributed by atoms with van der Waals surface area (Å²) in [5.41, 5.74) is 2.32. The number of amides is 2. The monoisotopic (exact) mass is 432 g/mol. The summed E-state index contributed by atoms with van der Waals surface area (Å²) in [5, 5.41) is 10.1. The zero-order valence-electron chi connectivity index (χ0n) is 17.4. The van der Waals surface area contributed by atoms with Crippen molar-refractivity contribution in [3.63, 3.8) is 0 Å². The fourth-order valence-corrected chi connectivity index (χ4v) is 2.90. The molecular formula is C21H25ClN4O4. The van der Waals surface area contributed by atoms with Crippen LogP contribution in [-0.4, -0.2) is 41.2 Å². The molecule has 0 bridgehead atoms. The predicted octanol–water partition coefficient (Wildman–Crippen LogP) is 3.06. The molecule has 0 saturated carbocycles. The van der Waals surface area contributed by atoms with E-state index in [1.807, 2.05) is 6.92 Å². The Morgan fingerprint density at radius 2 is 1.90 bits per heavy atom. The molecule has 0 spiro atoms. The molecule has 0 radical (unpaired) electrons. The van der Waals surface area contributed by atoms with Gasteiger partial charge in [0.05, 0.1) is 12.8 Å². The average Bonchev–Trinajstić information content (AvgIpc) is 2.96. The van der Waals surface area contributed by atoms with Crippen molar-refractivity contribution in [2.45, 2.75) is 27.3 Å². The number of nitrogens with zero attached hydrogens (tertiary/aromatic N) is 2. The topological polar surface area (TPSA) is 102 Å². The number of halogens is 1. The Labute approximate surface area is 180 Å². The maximum atomic E-state index is 12.2. The smallest absolute Gasteiger partial charge is 0.325 e. The number of rotatable bonds is 8. The second kappa shape index (κ2) is 10.6. The Balaban J connectivity index is 1.97. The van der Waals surface area contributed by atoms with Crippen molar-refractivity contribution in [2.24, 2.45) is 5.92 Å². The third-order valence-corrected chi connectivity index (χ3v) is 4.48. The number of esters is 1. The van der Waals surface area contributed by atoms with E-state index in [0.29, 0.717) is 34.4 Å². The molecule has 0 unspecified atom stereocenters. The van der Waals surface area contributed by atoms with Crippen LogP contribution in [0.5, 0.6) is 0 Å². The predicted molar refractivity (Wildman–Crippen MR) is 115 cm³/mol. The lowest BCUT2D eigenvalue weighted by Gasteiger charge is -2.06. The number of aryl methyl sites for hydroxylation is 1. The number of methoxy groups -OCH3 is 1. The lowest BCUT2D eigenvalue weighted by Crippen LogP contribution is -2.30. The van der Waals surface area contributed by atoms with Gasteiger partial charge in [-0.3, -0.25) is 19.1 Å². The summed E-state index contributed by atoms with van der Waals surface area (Å²) in [4.78, 5) is 35.2. The number of hydrogen-bond acceptors (Lipinski definition) is 5. The van der Waals surface area contributed by atoms with Gasteiger partial charge >= 0.3 is 5.97 Å². The quantitative estimate of drug-likeness (QED) is 0.493. The lowest BCUT2D eigenvalue weighted by molar-refractivity contribution is -0.139. The first-order valence-corrected chi connectivity index (χ1v) is 9.76. The number of aromatic nitrogens is 2. The molecule has 2 rings (SSSR count). The Kier molecular flexibility index (Phi) is 8.17. The van der Waals surface area contributed by atoms with Crippen LogP contribution >= 0.6 is 11.6 Å². The molecule has 2 N–H and O–H groups in total. The molecule has 0 fully saturated rings. The van der Waals surface area contributed by atoms with E-state index in [9.17, 15) is 14.4 Å². The fraction of sp³-hybridized carbons (Fsp3) is 0.333. The van der Waals surface area contributed by atoms with Gasteiger partial charge in [-0.15, -0.1) is 0 Å². The molecule has 8 nitrogen and oxygen atoms in total. The molecule has 2 aromatic rings. The van der Waals surface area contributed by atoms with Crippen molar-refractivity contribution >= 4 is 41.1 Å². The van der Waals surface area contributed by atoms with Crippen molar-refractivity contribution in [2.75, 3.05) is 19.0 Å². The van der Waals surface area contributed by atoms with Crippen molar-refractivity contribution in [3.8, 4) is 0 Å². The van der Waals surface area contributed by atoms with Crippen LogP contribution in [-0.2, 0) is 20.9 Å². The summed E-state index contributed by atoms with van der Waals surface area (Å²) in [5.74, 6) is -0.900. The van der Waals surface area contributed by atoms with E-state index in [1.54, 1.807) is 35.0 Å². The summed E-state index contributed by atoms with van der Waals surface area (Å²) < 4.78 is 6.19. The molecule has 1 aromatic carbocycles. The van der Waals surface area contributed by atoms with Gasteiger partial charge in [-0.1, -0.05) is 25.4 Å². The van der Waals surface area contributed by atoms with Crippen LogP contribution in [0.2, 0.25) is 5.15 Å². The second-order valence-electron chi connectivity index (χ2n) is 7.02. The SMILES string of the molecule is COC(=O)CNC(=O)c1ccc(NC(=O)/C=C/c2c(C)nn(CC(C)C)c2Cl)cc1. The van der Waals surface area contributed by atoms with Crippen molar-refractivity contribution in [1.29, 1.82) is 0 Å². The van der Waals surface area contributed by atoms with Gasteiger partial charge in [0.2, 0.25) is 5.91 Å². The summed E-state index contributed by atoms with van der Waals surface area (Å²) in [7, 11) is 1.24. The molecule has 30 heavy (non-hydrogen) atoms. The van der Waals surface area contributed by atoms with Gasteiger partial charge in [0, 0.05) is 29.4 Å². The molecule has 0 saturated heterocycles. The van der Waals surface area contributed by atoms with Gasteiger partial charge in [0.1, 0.15) is 11.7 Å². The lowest BCUT2D eigenvalue weighted by atomic mass is 10.2. The van der Waals surface area contributed by atoms with Gasteiger partial charge in [0.15, 0.2) is 0 Å². The number of carbonyl (C=O) groups is 3. The minimum atomic E-state index is -0.538. The molecule has 1 heterocycles. The number of anilines is 1. The average molecular weight is 433 g/mol. The van der Waals surface area contributed by atoms with E-state index in [0.717, 1.165) is 5.69 Å². The van der Waals surface area contributed by atoms with Crippen molar-refractivity contribution in [3.05, 3.63) is 52.3 Å². The highest BCUT2D eigenvalue weighted by molar-refractivity contribution is 6.31. The first kappa shape index (κ1) is 23.2. The van der Waals surface area contributed by atoms with E-state index in [2.05, 4.69) is 34.3 Å². The number of carbonyl (C=O) groups excluding carboxylic acids is 3. The van der Waals surface area contributed by atoms with Gasteiger partial charge in [-0.2, -0.15) is 5.10 Å². The zero-order valence-corrected chi connectivity index (χ0v) is 18.1. The Morgan fingerprint density at radius 1 is 1.23 bits per heavy atom. The van der Waals surface area contributed by atoms with Crippen LogP contribution in [0, 0.1) is 12.8 Å². The van der Waals surface area contributed by atoms with Gasteiger partial charge in [-0.25, -0.2) is 0 Å². The normalized spacial score (nSPS) is 11.0. The van der Waals surface area contributed by atoms with E-state index in [1.165, 1.54) is 13.2 Å². The minimum Gasteiger partial charge on any atom is -0.468 e. The molecule has 9 heteroatoms. The first-order chi connectivity index (χ1) is 14.2. The summed E-state index contributed by atoms with van der Waals surface area (Å²) in [6.07, 6.45) is 3.01. The second-order valence-corrected chi connectivity index (χ2v) is 7.38. The van der Waals surface area contributed by atoms with E-state index < -0.39 is 11.9 Å². The van der Waals surface area contributed by atoms with Gasteiger partial charge in [-0.05, 0) is 43.2 Å². The van der Waals surface area contributed by atoms with Gasteiger partial charge < -0.3 is 15.4 Å². The largest absolute Gasteiger partial charge is 0.468 e. The molecule has 160 valence electrons. The van der Waals surface area contributed by atoms with Crippen LogP contribution < -0.4 is 10.6 Å². The van der Waals surface area contributed by atoms with Crippen LogP contribution in [0.4, 0.5) is 5.69 Å². The van der Waals surface area contributed by atoms with E-state index >= 15 is 0 Å². The van der Waals surface area contributed by atoms with Crippen molar-refractivity contribution < 1.29 is 19.1 Å². The van der Waals surface area contributed by atoms with Gasteiger partial charge in [0.25, 0.3) is 5.91 Å². The number of benzene rings is 1. The molecule has 0 atom stereocenters. The van der Waals surface area contributed by atoms with Crippen LogP contribution in [0.25, 0.3) is 6.08 Å². The highest BCUT2D eigenvalue weighted by Gasteiger charge is 2.12. The summed E-state index contributed by atoms with van der Waals surface area (Å²) in [6, 6.07) is 6.28. The maximum absolute atomic E-state index is 12.2. The molecule has 1 aromatic heterocycles. The molecular weight excluding hydrogens is 408 g/mol. The number of nitrogens with one attached hydrogen (secondary N) is 2. The van der Waals surface area contributed by atoms with Crippen molar-refractivity contribution in [1.82, 2.24) is 15.1 Å². The Morgan fingerprint density at radius 3 is 2.50 bits per heavy atom. The Hall–Kier alpha value is -3.13. The summed E-state index contributed by atoms with van der Waals surface area (Å²) >= 11 is 6.37. The van der Waals surface area contributed by atoms with Crippen LogP contribution in [0.1, 0.15) is 35.5 Å². The minimum absolute atomic E-state index is 0.214. The first-order valence-electron chi connectivity index (χ1n) is 9.38. The Bertz CT molecular complexity index is 949. The molecule has 0 aliphatic rings. The van der Waals surface area contributed by atoms with Crippen LogP contribution in [0.15, 0.2) is 30.3 Å². The number of ether oxygens (including phenoxy) is 1. The zero-order chi connectivity index (χ0) is 22.3. The maximum Gasteiger partial charge on any atom is 0.325 e. The van der Waals surface area contributed by atoms with Crippen LogP contribution in [0.3, 0.4) is 0 Å². The molecule has 0 aliphatic heterocycles. The third kappa shape index (κ3) is 6.45.